The molecule has 0 spiro atoms. The fourth-order valence-corrected chi connectivity index (χ4v) is 1.50. The highest BCUT2D eigenvalue weighted by Crippen LogP contribution is 2.08. The number of pyridine rings is 1. The number of hydrogen-bond acceptors (Lipinski definition) is 3. The van der Waals surface area contributed by atoms with E-state index in [1.807, 2.05) is 18.3 Å². The monoisotopic (exact) mass is 301 g/mol. The highest BCUT2D eigenvalue weighted by atomic mass is 127. The number of aromatic nitrogens is 3. The third-order valence-electron chi connectivity index (χ3n) is 1.74. The van der Waals surface area contributed by atoms with Gasteiger partial charge < -0.3 is 5.11 Å². The number of aliphatic hydroxyl groups excluding tert-OH is 1. The zero-order valence-electron chi connectivity index (χ0n) is 7.26. The molecule has 0 saturated carbocycles. The molecule has 0 bridgehead atoms. The van der Waals surface area contributed by atoms with Crippen molar-refractivity contribution in [3.8, 4) is 5.82 Å². The fourth-order valence-electron chi connectivity index (χ4n) is 1.11. The molecule has 72 valence electrons. The molecule has 0 aliphatic rings. The quantitative estimate of drug-likeness (QED) is 0.852. The number of aliphatic hydroxyl groups is 1. The van der Waals surface area contributed by atoms with E-state index in [2.05, 4.69) is 32.7 Å². The Labute approximate surface area is 94.7 Å². The molecule has 4 nitrogen and oxygen atoms in total. The van der Waals surface area contributed by atoms with Crippen molar-refractivity contribution in [2.45, 2.75) is 6.61 Å². The summed E-state index contributed by atoms with van der Waals surface area (Å²) in [6.07, 6.45) is 3.64. The van der Waals surface area contributed by atoms with Gasteiger partial charge in [0.25, 0.3) is 0 Å². The molecule has 2 rings (SSSR count). The van der Waals surface area contributed by atoms with Crippen molar-refractivity contribution in [3.05, 3.63) is 39.9 Å². The Morgan fingerprint density at radius 2 is 2.29 bits per heavy atom. The lowest BCUT2D eigenvalue weighted by atomic mass is 10.3. The molecule has 2 aromatic rings. The topological polar surface area (TPSA) is 50.9 Å². The second-order valence-corrected chi connectivity index (χ2v) is 3.99. The number of halogens is 1. The first-order valence-electron chi connectivity index (χ1n) is 4.07. The van der Waals surface area contributed by atoms with Crippen LogP contribution in [-0.2, 0) is 6.61 Å². The lowest BCUT2D eigenvalue weighted by molar-refractivity contribution is 0.276. The number of hydrogen-bond donors (Lipinski definition) is 1. The Hall–Kier alpha value is -0.950. The van der Waals surface area contributed by atoms with Crippen LogP contribution >= 0.6 is 22.6 Å². The van der Waals surface area contributed by atoms with Gasteiger partial charge in [0.15, 0.2) is 5.82 Å². The molecule has 0 unspecified atom stereocenters. The highest BCUT2D eigenvalue weighted by Gasteiger charge is 2.00. The van der Waals surface area contributed by atoms with E-state index in [1.54, 1.807) is 16.9 Å². The Morgan fingerprint density at radius 3 is 2.93 bits per heavy atom. The van der Waals surface area contributed by atoms with Crippen LogP contribution in [-0.4, -0.2) is 19.9 Å². The summed E-state index contributed by atoms with van der Waals surface area (Å²) in [5.74, 6) is 0.722. The molecular formula is C9H8IN3O. The summed E-state index contributed by atoms with van der Waals surface area (Å²) in [7, 11) is 0. The molecule has 5 heteroatoms. The Morgan fingerprint density at radius 1 is 1.43 bits per heavy atom. The summed E-state index contributed by atoms with van der Waals surface area (Å²) in [6, 6.07) is 5.47. The van der Waals surface area contributed by atoms with Gasteiger partial charge in [-0.3, -0.25) is 0 Å². The summed E-state index contributed by atoms with van der Waals surface area (Å²) < 4.78 is 2.74. The van der Waals surface area contributed by atoms with Crippen molar-refractivity contribution in [1.82, 2.24) is 14.8 Å². The standard InChI is InChI=1S/C9H8IN3O/c10-7-4-11-13(5-7)9-3-1-2-8(6-14)12-9/h1-5,14H,6H2. The van der Waals surface area contributed by atoms with E-state index in [0.29, 0.717) is 5.69 Å². The lowest BCUT2D eigenvalue weighted by Crippen LogP contribution is -2.00. The molecule has 2 heterocycles. The smallest absolute Gasteiger partial charge is 0.153 e. The molecule has 0 aliphatic heterocycles. The second kappa shape index (κ2) is 4.05. The molecule has 0 amide bonds. The average Bonchev–Trinajstić information content (AvgIpc) is 2.65. The maximum Gasteiger partial charge on any atom is 0.153 e. The molecule has 1 N–H and O–H groups in total. The van der Waals surface area contributed by atoms with Crippen LogP contribution in [0.25, 0.3) is 5.82 Å². The predicted molar refractivity (Wildman–Crippen MR) is 60.0 cm³/mol. The van der Waals surface area contributed by atoms with Crippen molar-refractivity contribution >= 4 is 22.6 Å². The zero-order valence-corrected chi connectivity index (χ0v) is 9.42. The molecule has 0 atom stereocenters. The van der Waals surface area contributed by atoms with Gasteiger partial charge in [-0.2, -0.15) is 5.10 Å². The Kier molecular flexibility index (Phi) is 2.78. The molecule has 0 saturated heterocycles. The summed E-state index contributed by atoms with van der Waals surface area (Å²) in [5.41, 5.74) is 0.646. The largest absolute Gasteiger partial charge is 0.390 e. The van der Waals surface area contributed by atoms with Gasteiger partial charge in [-0.05, 0) is 34.7 Å². The highest BCUT2D eigenvalue weighted by molar-refractivity contribution is 14.1. The van der Waals surface area contributed by atoms with Crippen molar-refractivity contribution < 1.29 is 5.11 Å². The van der Waals surface area contributed by atoms with Gasteiger partial charge in [0.05, 0.1) is 22.1 Å². The van der Waals surface area contributed by atoms with Crippen LogP contribution < -0.4 is 0 Å². The molecule has 0 radical (unpaired) electrons. The summed E-state index contributed by atoms with van der Waals surface area (Å²) >= 11 is 2.18. The van der Waals surface area contributed by atoms with Gasteiger partial charge in [0.1, 0.15) is 0 Å². The van der Waals surface area contributed by atoms with Gasteiger partial charge in [0.2, 0.25) is 0 Å². The predicted octanol–water partition coefficient (Wildman–Crippen LogP) is 1.36. The van der Waals surface area contributed by atoms with Crippen LogP contribution in [0.1, 0.15) is 5.69 Å². The first kappa shape index (κ1) is 9.60. The third kappa shape index (κ3) is 1.93. The Balaban J connectivity index is 2.41. The fraction of sp³-hybridized carbons (Fsp3) is 0.111. The van der Waals surface area contributed by atoms with Gasteiger partial charge in [-0.15, -0.1) is 0 Å². The van der Waals surface area contributed by atoms with E-state index in [4.69, 9.17) is 5.11 Å². The lowest BCUT2D eigenvalue weighted by Gasteiger charge is -2.01. The first-order chi connectivity index (χ1) is 6.79. The second-order valence-electron chi connectivity index (χ2n) is 2.75. The summed E-state index contributed by atoms with van der Waals surface area (Å²) in [6.45, 7) is -0.0494. The van der Waals surface area contributed by atoms with Gasteiger partial charge in [0, 0.05) is 6.20 Å². The maximum absolute atomic E-state index is 8.92. The van der Waals surface area contributed by atoms with E-state index in [1.165, 1.54) is 0 Å². The maximum atomic E-state index is 8.92. The van der Waals surface area contributed by atoms with Crippen LogP contribution in [0.4, 0.5) is 0 Å². The molecular weight excluding hydrogens is 293 g/mol. The molecule has 0 aliphatic carbocycles. The Bertz CT molecular complexity index is 441. The minimum absolute atomic E-state index is 0.0494. The minimum atomic E-state index is -0.0494. The van der Waals surface area contributed by atoms with E-state index in [9.17, 15) is 0 Å². The van der Waals surface area contributed by atoms with E-state index in [0.717, 1.165) is 9.39 Å². The van der Waals surface area contributed by atoms with Crippen molar-refractivity contribution in [1.29, 1.82) is 0 Å². The SMILES string of the molecule is OCc1cccc(-n2cc(I)cn2)n1. The van der Waals surface area contributed by atoms with Crippen LogP contribution in [0.3, 0.4) is 0 Å². The van der Waals surface area contributed by atoms with Crippen LogP contribution in [0, 0.1) is 3.57 Å². The van der Waals surface area contributed by atoms with E-state index < -0.39 is 0 Å². The van der Waals surface area contributed by atoms with Gasteiger partial charge >= 0.3 is 0 Å². The van der Waals surface area contributed by atoms with E-state index >= 15 is 0 Å². The van der Waals surface area contributed by atoms with Gasteiger partial charge in [-0.25, -0.2) is 9.67 Å². The minimum Gasteiger partial charge on any atom is -0.390 e. The van der Waals surface area contributed by atoms with Crippen LogP contribution in [0.2, 0.25) is 0 Å². The van der Waals surface area contributed by atoms with E-state index in [-0.39, 0.29) is 6.61 Å². The number of nitrogens with zero attached hydrogens (tertiary/aromatic N) is 3. The normalized spacial score (nSPS) is 10.4. The van der Waals surface area contributed by atoms with Gasteiger partial charge in [-0.1, -0.05) is 6.07 Å². The molecule has 0 fully saturated rings. The summed E-state index contributed by atoms with van der Waals surface area (Å²) in [4.78, 5) is 4.22. The number of rotatable bonds is 2. The summed E-state index contributed by atoms with van der Waals surface area (Å²) in [5, 5.41) is 13.0. The zero-order chi connectivity index (χ0) is 9.97. The molecule has 14 heavy (non-hydrogen) atoms. The van der Waals surface area contributed by atoms with Crippen molar-refractivity contribution in [3.63, 3.8) is 0 Å². The molecule has 2 aromatic heterocycles. The van der Waals surface area contributed by atoms with Crippen molar-refractivity contribution in [2.75, 3.05) is 0 Å². The van der Waals surface area contributed by atoms with Crippen LogP contribution in [0.5, 0.6) is 0 Å². The first-order valence-corrected chi connectivity index (χ1v) is 5.15. The van der Waals surface area contributed by atoms with Crippen LogP contribution in [0.15, 0.2) is 30.6 Å². The third-order valence-corrected chi connectivity index (χ3v) is 2.30. The average molecular weight is 301 g/mol. The van der Waals surface area contributed by atoms with Crippen molar-refractivity contribution in [2.24, 2.45) is 0 Å². The molecule has 0 aromatic carbocycles.